The fourth-order valence-corrected chi connectivity index (χ4v) is 1.31. The average Bonchev–Trinajstić information content (AvgIpc) is 2.23. The summed E-state index contributed by atoms with van der Waals surface area (Å²) >= 11 is 0. The quantitative estimate of drug-likeness (QED) is 0.795. The van der Waals surface area contributed by atoms with E-state index >= 15 is 0 Å². The molecule has 0 aliphatic heterocycles. The second-order valence-corrected chi connectivity index (χ2v) is 5.59. The van der Waals surface area contributed by atoms with Crippen molar-refractivity contribution in [2.75, 3.05) is 27.3 Å². The molecule has 0 spiro atoms. The van der Waals surface area contributed by atoms with E-state index in [0.29, 0.717) is 6.61 Å². The van der Waals surface area contributed by atoms with Crippen LogP contribution in [0.4, 0.5) is 4.79 Å². The molecule has 0 aromatic heterocycles. The van der Waals surface area contributed by atoms with E-state index in [-0.39, 0.29) is 18.5 Å². The molecule has 0 rings (SSSR count). The van der Waals surface area contributed by atoms with Crippen molar-refractivity contribution in [1.29, 1.82) is 0 Å². The first-order valence-electron chi connectivity index (χ1n) is 6.38. The maximum Gasteiger partial charge on any atom is 0.410 e. The monoisotopic (exact) mass is 274 g/mol. The zero-order valence-corrected chi connectivity index (χ0v) is 12.8. The predicted octanol–water partition coefficient (Wildman–Crippen LogP) is 1.39. The number of rotatable bonds is 6. The van der Waals surface area contributed by atoms with Crippen LogP contribution in [0.2, 0.25) is 0 Å². The van der Waals surface area contributed by atoms with Crippen LogP contribution in [0.15, 0.2) is 0 Å². The van der Waals surface area contributed by atoms with Crippen LogP contribution in [-0.2, 0) is 14.3 Å². The van der Waals surface area contributed by atoms with E-state index in [1.54, 1.807) is 27.9 Å². The number of carbonyl (C=O) groups excluding carboxylic acids is 2. The Hall–Kier alpha value is -1.30. The number of likely N-dealkylation sites (N-methyl/N-ethyl adjacent to an activating group) is 1. The standard InChI is InChI=1S/C13H26N2O4/c1-10(7-8-18-6)14-11(16)9-15(5)12(17)19-13(2,3)4/h10H,7-9H2,1-6H3,(H,14,16). The minimum Gasteiger partial charge on any atom is -0.444 e. The van der Waals surface area contributed by atoms with E-state index in [0.717, 1.165) is 6.42 Å². The number of amides is 2. The van der Waals surface area contributed by atoms with Gasteiger partial charge in [0, 0.05) is 26.8 Å². The molecule has 6 heteroatoms. The minimum absolute atomic E-state index is 0.0134. The minimum atomic E-state index is -0.562. The highest BCUT2D eigenvalue weighted by atomic mass is 16.6. The van der Waals surface area contributed by atoms with Gasteiger partial charge in [0.05, 0.1) is 0 Å². The van der Waals surface area contributed by atoms with Crippen LogP contribution in [-0.4, -0.2) is 55.9 Å². The van der Waals surface area contributed by atoms with Gasteiger partial charge in [0.2, 0.25) is 5.91 Å². The Morgan fingerprint density at radius 2 is 1.89 bits per heavy atom. The Balaban J connectivity index is 4.08. The zero-order valence-electron chi connectivity index (χ0n) is 12.8. The molecule has 0 saturated heterocycles. The molecule has 112 valence electrons. The molecular formula is C13H26N2O4. The maximum atomic E-state index is 11.7. The zero-order chi connectivity index (χ0) is 15.1. The lowest BCUT2D eigenvalue weighted by Crippen LogP contribution is -2.43. The Kier molecular flexibility index (Phi) is 7.44. The van der Waals surface area contributed by atoms with Crippen molar-refractivity contribution in [2.24, 2.45) is 0 Å². The Labute approximate surface area is 115 Å². The molecule has 0 aromatic rings. The summed E-state index contributed by atoms with van der Waals surface area (Å²) in [7, 11) is 3.15. The summed E-state index contributed by atoms with van der Waals surface area (Å²) in [6.45, 7) is 7.81. The van der Waals surface area contributed by atoms with Crippen LogP contribution in [0, 0.1) is 0 Å². The summed E-state index contributed by atoms with van der Waals surface area (Å²) in [4.78, 5) is 24.6. The van der Waals surface area contributed by atoms with Gasteiger partial charge in [-0.1, -0.05) is 0 Å². The molecule has 0 heterocycles. The molecule has 6 nitrogen and oxygen atoms in total. The van der Waals surface area contributed by atoms with Crippen LogP contribution in [0.1, 0.15) is 34.1 Å². The molecule has 2 amide bonds. The van der Waals surface area contributed by atoms with Crippen LogP contribution >= 0.6 is 0 Å². The van der Waals surface area contributed by atoms with E-state index in [2.05, 4.69) is 5.32 Å². The number of hydrogen-bond donors (Lipinski definition) is 1. The highest BCUT2D eigenvalue weighted by Crippen LogP contribution is 2.08. The van der Waals surface area contributed by atoms with Gasteiger partial charge in [0.25, 0.3) is 0 Å². The van der Waals surface area contributed by atoms with Crippen LogP contribution in [0.5, 0.6) is 0 Å². The molecule has 0 aromatic carbocycles. The van der Waals surface area contributed by atoms with Gasteiger partial charge in [-0.3, -0.25) is 4.79 Å². The van der Waals surface area contributed by atoms with Gasteiger partial charge in [0.15, 0.2) is 0 Å². The summed E-state index contributed by atoms with van der Waals surface area (Å²) in [6.07, 6.45) is 0.227. The molecule has 0 bridgehead atoms. The SMILES string of the molecule is COCCC(C)NC(=O)CN(C)C(=O)OC(C)(C)C. The van der Waals surface area contributed by atoms with Gasteiger partial charge in [-0.25, -0.2) is 4.79 Å². The molecule has 0 fully saturated rings. The summed E-state index contributed by atoms with van der Waals surface area (Å²) in [5.74, 6) is -0.211. The topological polar surface area (TPSA) is 67.9 Å². The number of carbonyl (C=O) groups is 2. The van der Waals surface area contributed by atoms with E-state index in [9.17, 15) is 9.59 Å². The number of ether oxygens (including phenoxy) is 2. The first-order valence-corrected chi connectivity index (χ1v) is 6.38. The number of methoxy groups -OCH3 is 1. The molecule has 0 saturated carbocycles. The molecule has 1 N–H and O–H groups in total. The molecule has 19 heavy (non-hydrogen) atoms. The predicted molar refractivity (Wildman–Crippen MR) is 73.0 cm³/mol. The third-order valence-corrected chi connectivity index (χ3v) is 2.25. The largest absolute Gasteiger partial charge is 0.444 e. The molecule has 1 unspecified atom stereocenters. The van der Waals surface area contributed by atoms with Gasteiger partial charge in [-0.15, -0.1) is 0 Å². The van der Waals surface area contributed by atoms with Gasteiger partial charge < -0.3 is 19.7 Å². The summed E-state index contributed by atoms with van der Waals surface area (Å²) < 4.78 is 10.1. The molecule has 0 aliphatic carbocycles. The third kappa shape index (κ3) is 9.30. The number of nitrogens with zero attached hydrogens (tertiary/aromatic N) is 1. The lowest BCUT2D eigenvalue weighted by Gasteiger charge is -2.24. The summed E-state index contributed by atoms with van der Waals surface area (Å²) in [5.41, 5.74) is -0.562. The first-order chi connectivity index (χ1) is 8.65. The molecular weight excluding hydrogens is 248 g/mol. The summed E-state index contributed by atoms with van der Waals surface area (Å²) in [6, 6.07) is 0.0134. The van der Waals surface area contributed by atoms with Gasteiger partial charge >= 0.3 is 6.09 Å². The number of nitrogens with one attached hydrogen (secondary N) is 1. The normalized spacial score (nSPS) is 12.7. The lowest BCUT2D eigenvalue weighted by atomic mass is 10.2. The third-order valence-electron chi connectivity index (χ3n) is 2.25. The van der Waals surface area contributed by atoms with Crippen molar-refractivity contribution < 1.29 is 19.1 Å². The van der Waals surface area contributed by atoms with E-state index in [4.69, 9.17) is 9.47 Å². The van der Waals surface area contributed by atoms with Crippen molar-refractivity contribution in [3.8, 4) is 0 Å². The molecule has 0 radical (unpaired) electrons. The Morgan fingerprint density at radius 3 is 2.37 bits per heavy atom. The fourth-order valence-electron chi connectivity index (χ4n) is 1.31. The van der Waals surface area contributed by atoms with E-state index < -0.39 is 11.7 Å². The Bertz CT molecular complexity index is 300. The van der Waals surface area contributed by atoms with Crippen LogP contribution in [0.3, 0.4) is 0 Å². The van der Waals surface area contributed by atoms with Crippen LogP contribution in [0.25, 0.3) is 0 Å². The van der Waals surface area contributed by atoms with E-state index in [1.165, 1.54) is 11.9 Å². The molecule has 1 atom stereocenters. The van der Waals surface area contributed by atoms with Crippen molar-refractivity contribution in [3.05, 3.63) is 0 Å². The first kappa shape index (κ1) is 17.7. The van der Waals surface area contributed by atoms with Crippen molar-refractivity contribution in [3.63, 3.8) is 0 Å². The number of hydrogen-bond acceptors (Lipinski definition) is 4. The van der Waals surface area contributed by atoms with Crippen LogP contribution < -0.4 is 5.32 Å². The van der Waals surface area contributed by atoms with Crippen molar-refractivity contribution >= 4 is 12.0 Å². The smallest absolute Gasteiger partial charge is 0.410 e. The second kappa shape index (κ2) is 7.99. The van der Waals surface area contributed by atoms with Gasteiger partial charge in [-0.2, -0.15) is 0 Å². The Morgan fingerprint density at radius 1 is 1.32 bits per heavy atom. The summed E-state index contributed by atoms with van der Waals surface area (Å²) in [5, 5.41) is 2.79. The van der Waals surface area contributed by atoms with Crippen molar-refractivity contribution in [2.45, 2.75) is 45.8 Å². The van der Waals surface area contributed by atoms with Gasteiger partial charge in [-0.05, 0) is 34.1 Å². The maximum absolute atomic E-state index is 11.7. The fraction of sp³-hybridized carbons (Fsp3) is 0.846. The van der Waals surface area contributed by atoms with Crippen molar-refractivity contribution in [1.82, 2.24) is 10.2 Å². The highest BCUT2D eigenvalue weighted by molar-refractivity contribution is 5.82. The lowest BCUT2D eigenvalue weighted by molar-refractivity contribution is -0.122. The van der Waals surface area contributed by atoms with Gasteiger partial charge in [0.1, 0.15) is 12.1 Å². The highest BCUT2D eigenvalue weighted by Gasteiger charge is 2.21. The molecule has 0 aliphatic rings. The van der Waals surface area contributed by atoms with E-state index in [1.807, 2.05) is 6.92 Å². The average molecular weight is 274 g/mol. The second-order valence-electron chi connectivity index (χ2n) is 5.59.